The maximum atomic E-state index is 9.02. The average Bonchev–Trinajstić information content (AvgIpc) is 2.55. The van der Waals surface area contributed by atoms with E-state index in [-0.39, 0.29) is 5.41 Å². The first kappa shape index (κ1) is 12.3. The van der Waals surface area contributed by atoms with Crippen molar-refractivity contribution in [2.75, 3.05) is 0 Å². The van der Waals surface area contributed by atoms with Crippen LogP contribution in [0.3, 0.4) is 0 Å². The number of fused-ring (bicyclic) bond motifs is 1. The average molecular weight is 270 g/mol. The molecule has 0 saturated carbocycles. The summed E-state index contributed by atoms with van der Waals surface area (Å²) in [5.74, 6) is 0. The van der Waals surface area contributed by atoms with Gasteiger partial charge < -0.3 is 4.55 Å². The fourth-order valence-corrected chi connectivity index (χ4v) is 4.98. The van der Waals surface area contributed by atoms with Crippen LogP contribution in [0.2, 0.25) is 0 Å². The molecule has 0 aliphatic carbocycles. The van der Waals surface area contributed by atoms with Crippen molar-refractivity contribution in [3.63, 3.8) is 0 Å². The third-order valence-corrected chi connectivity index (χ3v) is 5.36. The molecule has 0 fully saturated rings. The standard InChI is InChI=1S/C12H14OS3/c1-12(2,3)10-8-6-4-5-7-9(8)14-11(10)15-16-13/h4-7,13H,1-3H3. The Balaban J connectivity index is 2.69. The van der Waals surface area contributed by atoms with Crippen LogP contribution in [0.1, 0.15) is 26.3 Å². The van der Waals surface area contributed by atoms with E-state index in [4.69, 9.17) is 4.55 Å². The summed E-state index contributed by atoms with van der Waals surface area (Å²) in [5, 5.41) is 1.32. The van der Waals surface area contributed by atoms with E-state index in [1.54, 1.807) is 11.3 Å². The fourth-order valence-electron chi connectivity index (χ4n) is 1.83. The summed E-state index contributed by atoms with van der Waals surface area (Å²) < 4.78 is 11.5. The first-order valence-electron chi connectivity index (χ1n) is 5.04. The number of thiophene rings is 1. The summed E-state index contributed by atoms with van der Waals surface area (Å²) in [6, 6.07) is 8.44. The van der Waals surface area contributed by atoms with E-state index in [0.29, 0.717) is 0 Å². The fraction of sp³-hybridized carbons (Fsp3) is 0.333. The predicted octanol–water partition coefficient (Wildman–Crippen LogP) is 5.41. The molecule has 1 aromatic carbocycles. The maximum absolute atomic E-state index is 9.02. The lowest BCUT2D eigenvalue weighted by atomic mass is 9.87. The van der Waals surface area contributed by atoms with Gasteiger partial charge in [-0.25, -0.2) is 0 Å². The quantitative estimate of drug-likeness (QED) is 0.582. The van der Waals surface area contributed by atoms with Gasteiger partial charge in [0.25, 0.3) is 0 Å². The van der Waals surface area contributed by atoms with E-state index in [9.17, 15) is 0 Å². The zero-order valence-corrected chi connectivity index (χ0v) is 11.9. The van der Waals surface area contributed by atoms with E-state index in [2.05, 4.69) is 45.0 Å². The number of rotatable bonds is 2. The molecule has 0 radical (unpaired) electrons. The molecule has 0 unspecified atom stereocenters. The van der Waals surface area contributed by atoms with Gasteiger partial charge in [-0.1, -0.05) is 39.0 Å². The molecule has 1 heterocycles. The molecule has 0 bridgehead atoms. The van der Waals surface area contributed by atoms with Crippen LogP contribution in [0.4, 0.5) is 0 Å². The van der Waals surface area contributed by atoms with Crippen LogP contribution in [0.5, 0.6) is 0 Å². The second-order valence-electron chi connectivity index (χ2n) is 4.67. The summed E-state index contributed by atoms with van der Waals surface area (Å²) in [6.07, 6.45) is 0. The van der Waals surface area contributed by atoms with Gasteiger partial charge in [-0.15, -0.1) is 11.3 Å². The second-order valence-corrected chi connectivity index (χ2v) is 7.65. The zero-order chi connectivity index (χ0) is 11.8. The monoisotopic (exact) mass is 270 g/mol. The van der Waals surface area contributed by atoms with Gasteiger partial charge in [-0.3, -0.25) is 0 Å². The molecule has 86 valence electrons. The molecule has 0 spiro atoms. The van der Waals surface area contributed by atoms with Gasteiger partial charge in [-0.2, -0.15) is 0 Å². The first-order chi connectivity index (χ1) is 7.54. The lowest BCUT2D eigenvalue weighted by Gasteiger charge is -2.19. The zero-order valence-electron chi connectivity index (χ0n) is 9.48. The van der Waals surface area contributed by atoms with Crippen LogP contribution in [0.15, 0.2) is 28.5 Å². The second kappa shape index (κ2) is 4.61. The van der Waals surface area contributed by atoms with E-state index < -0.39 is 0 Å². The van der Waals surface area contributed by atoms with Crippen LogP contribution in [0, 0.1) is 0 Å². The van der Waals surface area contributed by atoms with E-state index >= 15 is 0 Å². The molecular formula is C12H14OS3. The smallest absolute Gasteiger partial charge is 0.0778 e. The van der Waals surface area contributed by atoms with Crippen LogP contribution in [0.25, 0.3) is 10.1 Å². The number of benzene rings is 1. The molecule has 16 heavy (non-hydrogen) atoms. The van der Waals surface area contributed by atoms with Crippen molar-refractivity contribution in [2.24, 2.45) is 0 Å². The van der Waals surface area contributed by atoms with Crippen LogP contribution in [-0.4, -0.2) is 4.55 Å². The first-order valence-corrected chi connectivity index (χ1v) is 7.96. The van der Waals surface area contributed by atoms with Crippen molar-refractivity contribution in [1.82, 2.24) is 0 Å². The SMILES string of the molecule is CC(C)(C)c1c(SSO)sc2ccccc12. The van der Waals surface area contributed by atoms with Crippen molar-refractivity contribution >= 4 is 43.3 Å². The van der Waals surface area contributed by atoms with E-state index in [1.807, 2.05) is 0 Å². The van der Waals surface area contributed by atoms with Crippen molar-refractivity contribution in [3.8, 4) is 0 Å². The summed E-state index contributed by atoms with van der Waals surface area (Å²) in [5.41, 5.74) is 1.46. The molecule has 2 aromatic rings. The minimum absolute atomic E-state index is 0.109. The molecule has 4 heteroatoms. The highest BCUT2D eigenvalue weighted by atomic mass is 33.1. The Bertz CT molecular complexity index is 496. The number of hydrogen-bond donors (Lipinski definition) is 1. The van der Waals surface area contributed by atoms with Gasteiger partial charge in [-0.05, 0) is 33.2 Å². The van der Waals surface area contributed by atoms with Gasteiger partial charge in [0.15, 0.2) is 0 Å². The third-order valence-electron chi connectivity index (χ3n) is 2.43. The molecule has 0 saturated heterocycles. The molecule has 0 atom stereocenters. The summed E-state index contributed by atoms with van der Waals surface area (Å²) >= 11 is 2.58. The highest BCUT2D eigenvalue weighted by molar-refractivity contribution is 8.74. The Hall–Kier alpha value is -0.160. The van der Waals surface area contributed by atoms with Crippen LogP contribution < -0.4 is 0 Å². The highest BCUT2D eigenvalue weighted by Gasteiger charge is 2.23. The van der Waals surface area contributed by atoms with Gasteiger partial charge >= 0.3 is 0 Å². The van der Waals surface area contributed by atoms with Crippen molar-refractivity contribution in [3.05, 3.63) is 29.8 Å². The Morgan fingerprint density at radius 3 is 2.50 bits per heavy atom. The molecule has 0 amide bonds. The highest BCUT2D eigenvalue weighted by Crippen LogP contribution is 2.46. The van der Waals surface area contributed by atoms with Crippen molar-refractivity contribution < 1.29 is 4.55 Å². The molecular weight excluding hydrogens is 256 g/mol. The summed E-state index contributed by atoms with van der Waals surface area (Å²) in [6.45, 7) is 6.65. The summed E-state index contributed by atoms with van der Waals surface area (Å²) in [4.78, 5) is 0. The molecule has 1 N–H and O–H groups in total. The van der Waals surface area contributed by atoms with Gasteiger partial charge in [0.05, 0.1) is 15.3 Å². The number of hydrogen-bond acceptors (Lipinski definition) is 4. The van der Waals surface area contributed by atoms with E-state index in [0.717, 1.165) is 11.1 Å². The third kappa shape index (κ3) is 2.25. The Kier molecular flexibility index (Phi) is 3.54. The Labute approximate surface area is 108 Å². The van der Waals surface area contributed by atoms with Gasteiger partial charge in [0.1, 0.15) is 0 Å². The topological polar surface area (TPSA) is 20.2 Å². The van der Waals surface area contributed by atoms with Crippen LogP contribution in [-0.2, 0) is 5.41 Å². The lowest BCUT2D eigenvalue weighted by Crippen LogP contribution is -2.11. The minimum Gasteiger partial charge on any atom is -0.320 e. The van der Waals surface area contributed by atoms with E-state index in [1.165, 1.54) is 30.7 Å². The molecule has 0 aliphatic heterocycles. The van der Waals surface area contributed by atoms with Crippen molar-refractivity contribution in [2.45, 2.75) is 30.4 Å². The molecule has 1 aromatic heterocycles. The molecule has 0 aliphatic rings. The lowest BCUT2D eigenvalue weighted by molar-refractivity contribution is 0.588. The Morgan fingerprint density at radius 2 is 1.88 bits per heavy atom. The van der Waals surface area contributed by atoms with Crippen molar-refractivity contribution in [1.29, 1.82) is 0 Å². The largest absolute Gasteiger partial charge is 0.320 e. The maximum Gasteiger partial charge on any atom is 0.0778 e. The minimum atomic E-state index is 0.109. The Morgan fingerprint density at radius 1 is 1.19 bits per heavy atom. The van der Waals surface area contributed by atoms with Gasteiger partial charge in [0.2, 0.25) is 0 Å². The summed E-state index contributed by atoms with van der Waals surface area (Å²) in [7, 11) is 1.45. The normalized spacial score (nSPS) is 12.2. The molecule has 1 nitrogen and oxygen atoms in total. The van der Waals surface area contributed by atoms with Crippen LogP contribution >= 0.6 is 33.2 Å². The molecule has 2 rings (SSSR count). The van der Waals surface area contributed by atoms with Gasteiger partial charge in [0, 0.05) is 4.70 Å². The predicted molar refractivity (Wildman–Crippen MR) is 76.6 cm³/mol.